The summed E-state index contributed by atoms with van der Waals surface area (Å²) in [6.45, 7) is 5.62. The predicted molar refractivity (Wildman–Crippen MR) is 111 cm³/mol. The Labute approximate surface area is 159 Å². The molecule has 0 radical (unpaired) electrons. The van der Waals surface area contributed by atoms with E-state index in [9.17, 15) is 0 Å². The van der Waals surface area contributed by atoms with Crippen LogP contribution in [0.2, 0.25) is 0 Å². The van der Waals surface area contributed by atoms with Crippen LogP contribution in [0.1, 0.15) is 63.0 Å². The maximum absolute atomic E-state index is 5.47. The van der Waals surface area contributed by atoms with Gasteiger partial charge in [0.2, 0.25) is 0 Å². The molecule has 2 aromatic rings. The minimum atomic E-state index is 0.701. The van der Waals surface area contributed by atoms with Crippen molar-refractivity contribution in [3.05, 3.63) is 71.8 Å². The number of rotatable bonds is 7. The molecule has 0 saturated heterocycles. The molecule has 2 aromatic carbocycles. The van der Waals surface area contributed by atoms with E-state index < -0.39 is 0 Å². The van der Waals surface area contributed by atoms with Gasteiger partial charge in [0.25, 0.3) is 0 Å². The first-order chi connectivity index (χ1) is 12.8. The van der Waals surface area contributed by atoms with E-state index in [1.165, 1.54) is 54.4 Å². The van der Waals surface area contributed by atoms with Crippen LogP contribution in [-0.4, -0.2) is 6.61 Å². The Hall–Kier alpha value is -1.86. The van der Waals surface area contributed by atoms with Crippen LogP contribution >= 0.6 is 0 Å². The second kappa shape index (κ2) is 9.73. The fourth-order valence-corrected chi connectivity index (χ4v) is 4.02. The molecular weight excluding hydrogens is 316 g/mol. The smallest absolute Gasteiger partial charge is 0.0716 e. The summed E-state index contributed by atoms with van der Waals surface area (Å²) in [4.78, 5) is 0. The van der Waals surface area contributed by atoms with Gasteiger partial charge in [-0.15, -0.1) is 0 Å². The van der Waals surface area contributed by atoms with Gasteiger partial charge in [0.05, 0.1) is 6.61 Å². The average molecular weight is 349 g/mol. The molecule has 0 spiro atoms. The normalized spacial score (nSPS) is 20.5. The number of hydrogen-bond donors (Lipinski definition) is 0. The summed E-state index contributed by atoms with van der Waals surface area (Å²) in [5.74, 6) is 1.65. The molecule has 0 heterocycles. The first kappa shape index (κ1) is 18.9. The van der Waals surface area contributed by atoms with E-state index in [0.29, 0.717) is 6.61 Å². The van der Waals surface area contributed by atoms with Gasteiger partial charge in [0, 0.05) is 6.61 Å². The molecule has 1 nitrogen and oxygen atoms in total. The molecule has 0 atom stereocenters. The lowest BCUT2D eigenvalue weighted by Crippen LogP contribution is -2.12. The third-order valence-electron chi connectivity index (χ3n) is 5.69. The monoisotopic (exact) mass is 348 g/mol. The molecule has 3 rings (SSSR count). The largest absolute Gasteiger partial charge is 0.377 e. The number of allylic oxidation sites excluding steroid dienone is 2. The van der Waals surface area contributed by atoms with Crippen molar-refractivity contribution in [2.45, 2.75) is 58.5 Å². The molecular formula is C25H32O. The summed E-state index contributed by atoms with van der Waals surface area (Å²) < 4.78 is 5.47. The Kier molecular flexibility index (Phi) is 7.08. The van der Waals surface area contributed by atoms with Crippen LogP contribution in [0.4, 0.5) is 0 Å². The van der Waals surface area contributed by atoms with E-state index in [1.807, 2.05) is 6.92 Å². The minimum Gasteiger partial charge on any atom is -0.377 e. The van der Waals surface area contributed by atoms with Crippen LogP contribution in [0, 0.1) is 5.92 Å². The Bertz CT molecular complexity index is 673. The van der Waals surface area contributed by atoms with Gasteiger partial charge in [0.15, 0.2) is 0 Å². The maximum Gasteiger partial charge on any atom is 0.0716 e. The number of hydrogen-bond acceptors (Lipinski definition) is 1. The SMILES string of the molecule is CC=CC[C@H]1CC[C@H](c2ccc(-c3ccc(COCC)cc3)cc2)CC1. The zero-order valence-corrected chi connectivity index (χ0v) is 16.3. The predicted octanol–water partition coefficient (Wildman–Crippen LogP) is 7.13. The van der Waals surface area contributed by atoms with Crippen molar-refractivity contribution in [1.82, 2.24) is 0 Å². The summed E-state index contributed by atoms with van der Waals surface area (Å²) in [6.07, 6.45) is 11.2. The Morgan fingerprint density at radius 2 is 1.50 bits per heavy atom. The van der Waals surface area contributed by atoms with E-state index in [2.05, 4.69) is 67.6 Å². The Balaban J connectivity index is 1.58. The molecule has 0 aromatic heterocycles. The molecule has 138 valence electrons. The Morgan fingerprint density at radius 3 is 2.08 bits per heavy atom. The molecule has 1 saturated carbocycles. The van der Waals surface area contributed by atoms with Gasteiger partial charge in [-0.1, -0.05) is 60.7 Å². The van der Waals surface area contributed by atoms with Crippen molar-refractivity contribution in [2.75, 3.05) is 6.61 Å². The van der Waals surface area contributed by atoms with Crippen LogP contribution in [-0.2, 0) is 11.3 Å². The fraction of sp³-hybridized carbons (Fsp3) is 0.440. The van der Waals surface area contributed by atoms with Crippen LogP contribution in [0.5, 0.6) is 0 Å². The van der Waals surface area contributed by atoms with E-state index in [-0.39, 0.29) is 0 Å². The van der Waals surface area contributed by atoms with Gasteiger partial charge in [0.1, 0.15) is 0 Å². The molecule has 1 heteroatoms. The molecule has 0 N–H and O–H groups in total. The minimum absolute atomic E-state index is 0.701. The molecule has 1 fully saturated rings. The molecule has 0 unspecified atom stereocenters. The van der Waals surface area contributed by atoms with Gasteiger partial charge in [-0.05, 0) is 80.0 Å². The summed E-state index contributed by atoms with van der Waals surface area (Å²) in [5.41, 5.74) is 5.35. The van der Waals surface area contributed by atoms with Crippen LogP contribution in [0.15, 0.2) is 60.7 Å². The summed E-state index contributed by atoms with van der Waals surface area (Å²) >= 11 is 0. The van der Waals surface area contributed by atoms with Crippen molar-refractivity contribution in [3.8, 4) is 11.1 Å². The summed E-state index contributed by atoms with van der Waals surface area (Å²) in [5, 5.41) is 0. The van der Waals surface area contributed by atoms with Gasteiger partial charge in [-0.2, -0.15) is 0 Å². The highest BCUT2D eigenvalue weighted by Crippen LogP contribution is 2.37. The Morgan fingerprint density at radius 1 is 0.885 bits per heavy atom. The van der Waals surface area contributed by atoms with E-state index in [4.69, 9.17) is 4.74 Å². The van der Waals surface area contributed by atoms with Crippen molar-refractivity contribution in [2.24, 2.45) is 5.92 Å². The third kappa shape index (κ3) is 5.08. The topological polar surface area (TPSA) is 9.23 Å². The van der Waals surface area contributed by atoms with E-state index >= 15 is 0 Å². The number of benzene rings is 2. The molecule has 0 amide bonds. The quantitative estimate of drug-likeness (QED) is 0.484. The van der Waals surface area contributed by atoms with Crippen LogP contribution in [0.25, 0.3) is 11.1 Å². The average Bonchev–Trinajstić information content (AvgIpc) is 2.72. The van der Waals surface area contributed by atoms with E-state index in [1.54, 1.807) is 0 Å². The summed E-state index contributed by atoms with van der Waals surface area (Å²) in [6, 6.07) is 18.0. The molecule has 26 heavy (non-hydrogen) atoms. The third-order valence-corrected chi connectivity index (χ3v) is 5.69. The second-order valence-corrected chi connectivity index (χ2v) is 7.48. The van der Waals surface area contributed by atoms with E-state index in [0.717, 1.165) is 18.4 Å². The van der Waals surface area contributed by atoms with Crippen molar-refractivity contribution < 1.29 is 4.74 Å². The fourth-order valence-electron chi connectivity index (χ4n) is 4.02. The molecule has 1 aliphatic rings. The zero-order chi connectivity index (χ0) is 18.2. The highest BCUT2D eigenvalue weighted by Gasteiger charge is 2.21. The summed E-state index contributed by atoms with van der Waals surface area (Å²) in [7, 11) is 0. The molecule has 1 aliphatic carbocycles. The molecule has 0 aliphatic heterocycles. The zero-order valence-electron chi connectivity index (χ0n) is 16.3. The first-order valence-electron chi connectivity index (χ1n) is 10.2. The highest BCUT2D eigenvalue weighted by atomic mass is 16.5. The van der Waals surface area contributed by atoms with Crippen molar-refractivity contribution in [1.29, 1.82) is 0 Å². The lowest BCUT2D eigenvalue weighted by atomic mass is 9.77. The van der Waals surface area contributed by atoms with Crippen molar-refractivity contribution >= 4 is 0 Å². The lowest BCUT2D eigenvalue weighted by Gasteiger charge is -2.28. The van der Waals surface area contributed by atoms with Gasteiger partial charge < -0.3 is 4.74 Å². The van der Waals surface area contributed by atoms with Gasteiger partial charge in [-0.25, -0.2) is 0 Å². The standard InChI is InChI=1S/C25H32O/c1-3-5-6-20-7-11-22(12-8-20)24-15-17-25(18-16-24)23-13-9-21(10-14-23)19-26-4-2/h3,5,9-10,13-18,20,22H,4,6-8,11-12,19H2,1-2H3/t20-,22-. The lowest BCUT2D eigenvalue weighted by molar-refractivity contribution is 0.134. The first-order valence-corrected chi connectivity index (χ1v) is 10.2. The highest BCUT2D eigenvalue weighted by molar-refractivity contribution is 5.64. The van der Waals surface area contributed by atoms with Gasteiger partial charge >= 0.3 is 0 Å². The molecule has 0 bridgehead atoms. The van der Waals surface area contributed by atoms with Crippen LogP contribution in [0.3, 0.4) is 0 Å². The van der Waals surface area contributed by atoms with Crippen molar-refractivity contribution in [3.63, 3.8) is 0 Å². The van der Waals surface area contributed by atoms with Gasteiger partial charge in [-0.3, -0.25) is 0 Å². The van der Waals surface area contributed by atoms with Crippen LogP contribution < -0.4 is 0 Å². The number of ether oxygens (including phenoxy) is 1. The second-order valence-electron chi connectivity index (χ2n) is 7.48. The maximum atomic E-state index is 5.47.